The van der Waals surface area contributed by atoms with Gasteiger partial charge in [-0.2, -0.15) is 0 Å². The Balaban J connectivity index is 2.31. The van der Waals surface area contributed by atoms with Crippen LogP contribution in [0.25, 0.3) is 0 Å². The molecule has 0 saturated heterocycles. The maximum absolute atomic E-state index is 13.3. The second kappa shape index (κ2) is 4.37. The lowest BCUT2D eigenvalue weighted by molar-refractivity contribution is 0.422. The fraction of sp³-hybridized carbons (Fsp3) is 0.0833. The molecule has 2 rings (SSSR count). The van der Waals surface area contributed by atoms with Crippen LogP contribution in [0.15, 0.2) is 30.5 Å². The lowest BCUT2D eigenvalue weighted by atomic mass is 10.3. The van der Waals surface area contributed by atoms with Gasteiger partial charge in [-0.25, -0.2) is 13.8 Å². The highest BCUT2D eigenvalue weighted by Gasteiger charge is 2.08. The van der Waals surface area contributed by atoms with Gasteiger partial charge in [0.15, 0.2) is 11.6 Å². The van der Waals surface area contributed by atoms with E-state index in [0.717, 1.165) is 23.8 Å². The van der Waals surface area contributed by atoms with Gasteiger partial charge in [0.25, 0.3) is 0 Å². The van der Waals surface area contributed by atoms with E-state index in [4.69, 9.17) is 10.5 Å². The quantitative estimate of drug-likeness (QED) is 0.871. The zero-order valence-electron chi connectivity index (χ0n) is 9.08. The Kier molecular flexibility index (Phi) is 2.91. The zero-order valence-corrected chi connectivity index (χ0v) is 9.08. The monoisotopic (exact) mass is 236 g/mol. The number of rotatable bonds is 2. The Morgan fingerprint density at radius 1 is 1.24 bits per heavy atom. The van der Waals surface area contributed by atoms with Crippen molar-refractivity contribution in [1.29, 1.82) is 0 Å². The number of aryl methyl sites for hydroxylation is 1. The molecule has 3 nitrogen and oxygen atoms in total. The van der Waals surface area contributed by atoms with E-state index in [1.165, 1.54) is 12.3 Å². The van der Waals surface area contributed by atoms with Gasteiger partial charge < -0.3 is 10.5 Å². The van der Waals surface area contributed by atoms with Gasteiger partial charge in [0.1, 0.15) is 5.82 Å². The number of hydrogen-bond acceptors (Lipinski definition) is 3. The van der Waals surface area contributed by atoms with E-state index in [1.54, 1.807) is 6.92 Å². The molecule has 0 unspecified atom stereocenters. The van der Waals surface area contributed by atoms with E-state index in [1.807, 2.05) is 0 Å². The molecule has 0 atom stereocenters. The zero-order chi connectivity index (χ0) is 12.4. The molecule has 0 radical (unpaired) electrons. The number of benzene rings is 1. The summed E-state index contributed by atoms with van der Waals surface area (Å²) in [6, 6.07) is 4.41. The molecular weight excluding hydrogens is 226 g/mol. The predicted molar refractivity (Wildman–Crippen MR) is 59.8 cm³/mol. The molecule has 5 heteroatoms. The van der Waals surface area contributed by atoms with E-state index in [-0.39, 0.29) is 11.6 Å². The van der Waals surface area contributed by atoms with Crippen LogP contribution in [0.2, 0.25) is 0 Å². The molecule has 0 saturated carbocycles. The summed E-state index contributed by atoms with van der Waals surface area (Å²) in [6.07, 6.45) is 1.50. The highest BCUT2D eigenvalue weighted by Crippen LogP contribution is 2.25. The van der Waals surface area contributed by atoms with Crippen molar-refractivity contribution in [3.63, 3.8) is 0 Å². The fourth-order valence-electron chi connectivity index (χ4n) is 1.24. The van der Waals surface area contributed by atoms with Crippen LogP contribution in [0, 0.1) is 18.6 Å². The van der Waals surface area contributed by atoms with Crippen LogP contribution < -0.4 is 10.5 Å². The van der Waals surface area contributed by atoms with E-state index >= 15 is 0 Å². The summed E-state index contributed by atoms with van der Waals surface area (Å²) < 4.78 is 31.3. The first-order chi connectivity index (χ1) is 8.06. The van der Waals surface area contributed by atoms with Crippen molar-refractivity contribution in [2.24, 2.45) is 0 Å². The Morgan fingerprint density at radius 2 is 2.00 bits per heavy atom. The van der Waals surface area contributed by atoms with Crippen molar-refractivity contribution in [2.75, 3.05) is 5.73 Å². The highest BCUT2D eigenvalue weighted by molar-refractivity contribution is 5.47. The first-order valence-corrected chi connectivity index (χ1v) is 4.91. The van der Waals surface area contributed by atoms with Crippen LogP contribution in [-0.2, 0) is 0 Å². The van der Waals surface area contributed by atoms with Crippen molar-refractivity contribution >= 4 is 5.69 Å². The first-order valence-electron chi connectivity index (χ1n) is 4.91. The maximum atomic E-state index is 13.3. The van der Waals surface area contributed by atoms with Gasteiger partial charge in [-0.05, 0) is 24.6 Å². The smallest absolute Gasteiger partial charge is 0.221 e. The van der Waals surface area contributed by atoms with Gasteiger partial charge in [0.05, 0.1) is 0 Å². The van der Waals surface area contributed by atoms with Gasteiger partial charge in [-0.15, -0.1) is 0 Å². The second-order valence-electron chi connectivity index (χ2n) is 3.56. The minimum atomic E-state index is -0.660. The third-order valence-electron chi connectivity index (χ3n) is 2.23. The molecule has 0 amide bonds. The summed E-state index contributed by atoms with van der Waals surface area (Å²) in [5.74, 6) is -1.34. The SMILES string of the molecule is Cc1cnc(Oc2cc(F)ccc2F)cc1N. The molecule has 0 aliphatic heterocycles. The van der Waals surface area contributed by atoms with E-state index in [0.29, 0.717) is 5.69 Å². The van der Waals surface area contributed by atoms with Crippen LogP contribution in [0.5, 0.6) is 11.6 Å². The first kappa shape index (κ1) is 11.3. The van der Waals surface area contributed by atoms with Crippen LogP contribution in [0.1, 0.15) is 5.56 Å². The average Bonchev–Trinajstić information content (AvgIpc) is 2.29. The average molecular weight is 236 g/mol. The van der Waals surface area contributed by atoms with Crippen molar-refractivity contribution in [3.8, 4) is 11.6 Å². The molecule has 2 aromatic rings. The highest BCUT2D eigenvalue weighted by atomic mass is 19.1. The number of nitrogens with two attached hydrogens (primary N) is 1. The second-order valence-corrected chi connectivity index (χ2v) is 3.56. The number of nitrogens with zero attached hydrogens (tertiary/aromatic N) is 1. The van der Waals surface area contributed by atoms with Crippen molar-refractivity contribution in [3.05, 3.63) is 47.7 Å². The van der Waals surface area contributed by atoms with Crippen molar-refractivity contribution < 1.29 is 13.5 Å². The molecule has 1 aromatic heterocycles. The molecule has 0 aliphatic rings. The largest absolute Gasteiger partial charge is 0.436 e. The van der Waals surface area contributed by atoms with Gasteiger partial charge in [0.2, 0.25) is 5.88 Å². The third kappa shape index (κ3) is 2.50. The molecule has 0 fully saturated rings. The predicted octanol–water partition coefficient (Wildman–Crippen LogP) is 3.04. The summed E-state index contributed by atoms with van der Waals surface area (Å²) in [6.45, 7) is 1.79. The summed E-state index contributed by atoms with van der Waals surface area (Å²) in [5, 5.41) is 0. The third-order valence-corrected chi connectivity index (χ3v) is 2.23. The fourth-order valence-corrected chi connectivity index (χ4v) is 1.24. The number of pyridine rings is 1. The topological polar surface area (TPSA) is 48.1 Å². The van der Waals surface area contributed by atoms with Gasteiger partial charge in [-0.1, -0.05) is 0 Å². The van der Waals surface area contributed by atoms with Gasteiger partial charge >= 0.3 is 0 Å². The number of halogens is 2. The molecular formula is C12H10F2N2O. The number of hydrogen-bond donors (Lipinski definition) is 1. The molecule has 17 heavy (non-hydrogen) atoms. The molecule has 1 aromatic carbocycles. The molecule has 2 N–H and O–H groups in total. The Hall–Kier alpha value is -2.17. The summed E-state index contributed by atoms with van der Waals surface area (Å²) in [7, 11) is 0. The number of ether oxygens (including phenoxy) is 1. The summed E-state index contributed by atoms with van der Waals surface area (Å²) in [5.41, 5.74) is 6.92. The lowest BCUT2D eigenvalue weighted by Gasteiger charge is -2.07. The summed E-state index contributed by atoms with van der Waals surface area (Å²) in [4.78, 5) is 3.91. The Morgan fingerprint density at radius 3 is 2.71 bits per heavy atom. The lowest BCUT2D eigenvalue weighted by Crippen LogP contribution is -1.95. The minimum Gasteiger partial charge on any atom is -0.436 e. The van der Waals surface area contributed by atoms with Gasteiger partial charge in [0, 0.05) is 24.0 Å². The van der Waals surface area contributed by atoms with E-state index in [2.05, 4.69) is 4.98 Å². The van der Waals surface area contributed by atoms with Crippen molar-refractivity contribution in [2.45, 2.75) is 6.92 Å². The van der Waals surface area contributed by atoms with Crippen LogP contribution in [-0.4, -0.2) is 4.98 Å². The number of aromatic nitrogens is 1. The van der Waals surface area contributed by atoms with E-state index in [9.17, 15) is 8.78 Å². The van der Waals surface area contributed by atoms with E-state index < -0.39 is 11.6 Å². The molecule has 0 aliphatic carbocycles. The molecule has 1 heterocycles. The van der Waals surface area contributed by atoms with Crippen LogP contribution >= 0.6 is 0 Å². The summed E-state index contributed by atoms with van der Waals surface area (Å²) >= 11 is 0. The standard InChI is InChI=1S/C12H10F2N2O/c1-7-6-16-12(5-10(7)15)17-11-4-8(13)2-3-9(11)14/h2-6H,1H3,(H2,15,16). The van der Waals surface area contributed by atoms with Crippen LogP contribution in [0.4, 0.5) is 14.5 Å². The minimum absolute atomic E-state index is 0.123. The molecule has 0 spiro atoms. The molecule has 88 valence electrons. The Labute approximate surface area is 96.9 Å². The van der Waals surface area contributed by atoms with Crippen LogP contribution in [0.3, 0.4) is 0 Å². The normalized spacial score (nSPS) is 10.3. The van der Waals surface area contributed by atoms with Crippen molar-refractivity contribution in [1.82, 2.24) is 4.98 Å². The number of nitrogen functional groups attached to an aromatic ring is 1. The Bertz CT molecular complexity index is 558. The maximum Gasteiger partial charge on any atom is 0.221 e. The van der Waals surface area contributed by atoms with Gasteiger partial charge in [-0.3, -0.25) is 0 Å². The molecule has 0 bridgehead atoms. The number of anilines is 1.